The van der Waals surface area contributed by atoms with Crippen molar-refractivity contribution in [2.75, 3.05) is 12.4 Å². The maximum atomic E-state index is 12.2. The van der Waals surface area contributed by atoms with E-state index in [0.717, 1.165) is 28.3 Å². The number of carbonyl (C=O) groups is 1. The van der Waals surface area contributed by atoms with E-state index >= 15 is 0 Å². The zero-order chi connectivity index (χ0) is 16.2. The van der Waals surface area contributed by atoms with Crippen LogP contribution in [0.1, 0.15) is 17.5 Å². The van der Waals surface area contributed by atoms with Crippen LogP contribution in [0.3, 0.4) is 0 Å². The summed E-state index contributed by atoms with van der Waals surface area (Å²) in [5, 5.41) is 6.88. The van der Waals surface area contributed by atoms with Crippen LogP contribution in [-0.4, -0.2) is 24.8 Å². The summed E-state index contributed by atoms with van der Waals surface area (Å²) in [4.78, 5) is 17.5. The van der Waals surface area contributed by atoms with Gasteiger partial charge in [-0.25, -0.2) is 0 Å². The molecule has 3 rings (SSSR count). The Bertz CT molecular complexity index is 721. The molecule has 1 heterocycles. The zero-order valence-electron chi connectivity index (χ0n) is 13.1. The average Bonchev–Trinajstić information content (AvgIpc) is 3.07. The quantitative estimate of drug-likeness (QED) is 0.944. The fraction of sp³-hybridized carbons (Fsp3) is 0.222. The van der Waals surface area contributed by atoms with Gasteiger partial charge in [0, 0.05) is 12.1 Å². The van der Waals surface area contributed by atoms with Crippen LogP contribution in [0.15, 0.2) is 53.7 Å². The third-order valence-corrected chi connectivity index (χ3v) is 3.70. The largest absolute Gasteiger partial charge is 0.497 e. The van der Waals surface area contributed by atoms with Crippen molar-refractivity contribution < 1.29 is 14.4 Å². The van der Waals surface area contributed by atoms with E-state index in [9.17, 15) is 4.79 Å². The van der Waals surface area contributed by atoms with E-state index in [1.54, 1.807) is 7.11 Å². The van der Waals surface area contributed by atoms with Gasteiger partial charge in [0.05, 0.1) is 12.8 Å². The van der Waals surface area contributed by atoms with Gasteiger partial charge in [-0.3, -0.25) is 4.79 Å². The van der Waals surface area contributed by atoms with Gasteiger partial charge in [-0.1, -0.05) is 22.9 Å². The highest BCUT2D eigenvalue weighted by molar-refractivity contribution is 6.06. The molecule has 1 N–H and O–H groups in total. The monoisotopic (exact) mass is 310 g/mol. The van der Waals surface area contributed by atoms with Gasteiger partial charge in [0.15, 0.2) is 0 Å². The molecule has 0 spiro atoms. The fourth-order valence-electron chi connectivity index (χ4n) is 2.33. The van der Waals surface area contributed by atoms with Crippen LogP contribution in [0.4, 0.5) is 5.69 Å². The molecule has 0 saturated carbocycles. The van der Waals surface area contributed by atoms with Gasteiger partial charge in [-0.15, -0.1) is 0 Å². The Labute approximate surface area is 134 Å². The summed E-state index contributed by atoms with van der Waals surface area (Å²) in [5.74, 6) is 0.586. The van der Waals surface area contributed by atoms with Gasteiger partial charge < -0.3 is 14.9 Å². The van der Waals surface area contributed by atoms with Gasteiger partial charge >= 0.3 is 0 Å². The summed E-state index contributed by atoms with van der Waals surface area (Å²) in [5.41, 5.74) is 3.58. The van der Waals surface area contributed by atoms with E-state index in [4.69, 9.17) is 9.57 Å². The number of amides is 1. The second kappa shape index (κ2) is 6.52. The predicted octanol–water partition coefficient (Wildman–Crippen LogP) is 3.14. The molecule has 23 heavy (non-hydrogen) atoms. The van der Waals surface area contributed by atoms with Crippen LogP contribution in [0.2, 0.25) is 0 Å². The molecule has 0 radical (unpaired) electrons. The van der Waals surface area contributed by atoms with E-state index < -0.39 is 6.10 Å². The van der Waals surface area contributed by atoms with Crippen molar-refractivity contribution in [3.8, 4) is 5.75 Å². The molecular weight excluding hydrogens is 292 g/mol. The summed E-state index contributed by atoms with van der Waals surface area (Å²) in [7, 11) is 1.62. The van der Waals surface area contributed by atoms with Crippen molar-refractivity contribution in [2.45, 2.75) is 19.4 Å². The minimum Gasteiger partial charge on any atom is -0.497 e. The van der Waals surface area contributed by atoms with Crippen LogP contribution in [0.25, 0.3) is 0 Å². The van der Waals surface area contributed by atoms with Crippen LogP contribution in [0, 0.1) is 6.92 Å². The highest BCUT2D eigenvalue weighted by atomic mass is 16.6. The average molecular weight is 310 g/mol. The number of anilines is 1. The number of rotatable bonds is 4. The lowest BCUT2D eigenvalue weighted by Crippen LogP contribution is -2.28. The van der Waals surface area contributed by atoms with E-state index in [-0.39, 0.29) is 5.91 Å². The molecule has 1 amide bonds. The number of nitrogens with one attached hydrogen (secondary N) is 1. The molecule has 5 nitrogen and oxygen atoms in total. The van der Waals surface area contributed by atoms with E-state index in [2.05, 4.69) is 10.5 Å². The molecule has 0 saturated heterocycles. The number of carbonyl (C=O) groups excluding carboxylic acids is 1. The number of oxime groups is 1. The summed E-state index contributed by atoms with van der Waals surface area (Å²) in [6.07, 6.45) is -0.155. The van der Waals surface area contributed by atoms with Crippen molar-refractivity contribution in [2.24, 2.45) is 5.16 Å². The third-order valence-electron chi connectivity index (χ3n) is 3.70. The van der Waals surface area contributed by atoms with E-state index in [0.29, 0.717) is 6.42 Å². The Kier molecular flexibility index (Phi) is 4.28. The standard InChI is InChI=1S/C18H18N2O3/c1-12-3-7-14(8-4-12)19-18(21)17-11-16(20-23-17)13-5-9-15(22-2)10-6-13/h3-10,17H,11H2,1-2H3,(H,19,21)/t17-/m1/s1. The molecule has 0 unspecified atom stereocenters. The highest BCUT2D eigenvalue weighted by Crippen LogP contribution is 2.20. The molecule has 0 aliphatic carbocycles. The minimum absolute atomic E-state index is 0.193. The molecule has 118 valence electrons. The lowest BCUT2D eigenvalue weighted by Gasteiger charge is -2.09. The molecule has 1 atom stereocenters. The number of nitrogens with zero attached hydrogens (tertiary/aromatic N) is 1. The smallest absolute Gasteiger partial charge is 0.268 e. The fourth-order valence-corrected chi connectivity index (χ4v) is 2.33. The lowest BCUT2D eigenvalue weighted by molar-refractivity contribution is -0.125. The van der Waals surface area contributed by atoms with E-state index in [1.165, 1.54) is 0 Å². The number of hydrogen-bond acceptors (Lipinski definition) is 4. The Hall–Kier alpha value is -2.82. The van der Waals surface area contributed by atoms with Gasteiger partial charge in [0.2, 0.25) is 6.10 Å². The highest BCUT2D eigenvalue weighted by Gasteiger charge is 2.28. The first kappa shape index (κ1) is 15.1. The maximum Gasteiger partial charge on any atom is 0.268 e. The number of benzene rings is 2. The first-order chi connectivity index (χ1) is 11.2. The van der Waals surface area contributed by atoms with Crippen molar-refractivity contribution in [1.29, 1.82) is 0 Å². The molecule has 0 aromatic heterocycles. The summed E-state index contributed by atoms with van der Waals surface area (Å²) in [6.45, 7) is 2.00. The summed E-state index contributed by atoms with van der Waals surface area (Å²) >= 11 is 0. The van der Waals surface area contributed by atoms with Crippen molar-refractivity contribution in [1.82, 2.24) is 0 Å². The van der Waals surface area contributed by atoms with Gasteiger partial charge in [-0.05, 0) is 48.9 Å². The van der Waals surface area contributed by atoms with Gasteiger partial charge in [0.1, 0.15) is 5.75 Å². The molecule has 5 heteroatoms. The lowest BCUT2D eigenvalue weighted by atomic mass is 10.0. The Morgan fingerprint density at radius 1 is 1.17 bits per heavy atom. The molecule has 0 fully saturated rings. The van der Waals surface area contributed by atoms with Crippen molar-refractivity contribution in [3.05, 3.63) is 59.7 Å². The van der Waals surface area contributed by atoms with Crippen LogP contribution in [-0.2, 0) is 9.63 Å². The van der Waals surface area contributed by atoms with Crippen LogP contribution >= 0.6 is 0 Å². The molecular formula is C18H18N2O3. The number of ether oxygens (including phenoxy) is 1. The first-order valence-corrected chi connectivity index (χ1v) is 7.40. The first-order valence-electron chi connectivity index (χ1n) is 7.40. The van der Waals surface area contributed by atoms with Crippen molar-refractivity contribution >= 4 is 17.3 Å². The Morgan fingerprint density at radius 2 is 1.87 bits per heavy atom. The molecule has 1 aliphatic heterocycles. The normalized spacial score (nSPS) is 16.4. The van der Waals surface area contributed by atoms with Crippen LogP contribution < -0.4 is 10.1 Å². The van der Waals surface area contributed by atoms with E-state index in [1.807, 2.05) is 55.5 Å². The number of hydrogen-bond donors (Lipinski definition) is 1. The third kappa shape index (κ3) is 3.51. The van der Waals surface area contributed by atoms with Gasteiger partial charge in [-0.2, -0.15) is 0 Å². The number of aryl methyl sites for hydroxylation is 1. The molecule has 0 bridgehead atoms. The SMILES string of the molecule is COc1ccc(C2=NO[C@@H](C(=O)Nc3ccc(C)cc3)C2)cc1. The van der Waals surface area contributed by atoms with Crippen LogP contribution in [0.5, 0.6) is 5.75 Å². The topological polar surface area (TPSA) is 59.9 Å². The maximum absolute atomic E-state index is 12.2. The molecule has 1 aliphatic rings. The summed E-state index contributed by atoms with van der Waals surface area (Å²) in [6, 6.07) is 15.2. The minimum atomic E-state index is -0.603. The predicted molar refractivity (Wildman–Crippen MR) is 88.8 cm³/mol. The number of methoxy groups -OCH3 is 1. The zero-order valence-corrected chi connectivity index (χ0v) is 13.1. The summed E-state index contributed by atoms with van der Waals surface area (Å²) < 4.78 is 5.13. The second-order valence-electron chi connectivity index (χ2n) is 5.42. The van der Waals surface area contributed by atoms with Gasteiger partial charge in [0.25, 0.3) is 5.91 Å². The molecule has 2 aromatic rings. The second-order valence-corrected chi connectivity index (χ2v) is 5.42. The van der Waals surface area contributed by atoms with Crippen molar-refractivity contribution in [3.63, 3.8) is 0 Å². The Balaban J connectivity index is 1.61. The Morgan fingerprint density at radius 3 is 2.52 bits per heavy atom. The molecule has 2 aromatic carbocycles.